The number of nitrogens with zero attached hydrogens (tertiary/aromatic N) is 2. The van der Waals surface area contributed by atoms with E-state index in [1.807, 2.05) is 6.08 Å². The van der Waals surface area contributed by atoms with E-state index in [0.29, 0.717) is 17.1 Å². The van der Waals surface area contributed by atoms with Crippen LogP contribution in [0.4, 0.5) is 0 Å². The summed E-state index contributed by atoms with van der Waals surface area (Å²) >= 11 is 3.38. The first kappa shape index (κ1) is 35.1. The molecule has 0 spiro atoms. The minimum Gasteiger partial charge on any atom is -0.273 e. The van der Waals surface area contributed by atoms with Crippen molar-refractivity contribution in [1.82, 2.24) is 20.9 Å². The number of unbranched alkanes of at least 4 members (excludes halogenated alkanes) is 6. The Labute approximate surface area is 264 Å². The molecule has 4 unspecified atom stereocenters. The molecule has 6 amide bonds. The largest absolute Gasteiger partial charge is 0.273 e. The normalized spacial score (nSPS) is 23.6. The quantitative estimate of drug-likeness (QED) is 0.121. The van der Waals surface area contributed by atoms with Crippen LogP contribution in [0.25, 0.3) is 0 Å². The fourth-order valence-electron chi connectivity index (χ4n) is 5.93. The average molecular weight is 637 g/mol. The van der Waals surface area contributed by atoms with Gasteiger partial charge in [0.1, 0.15) is 0 Å². The highest BCUT2D eigenvalue weighted by atomic mass is 32.2. The molecule has 2 fully saturated rings. The van der Waals surface area contributed by atoms with Gasteiger partial charge in [-0.15, -0.1) is 0 Å². The predicted molar refractivity (Wildman–Crippen MR) is 169 cm³/mol. The Morgan fingerprint density at radius 1 is 0.744 bits per heavy atom. The van der Waals surface area contributed by atoms with E-state index in [1.165, 1.54) is 38.5 Å². The molecule has 3 aliphatic rings. The number of amides is 6. The molecule has 2 N–H and O–H groups in total. The standard InChI is InChI=1S/C31H48N4O6S2/c1-4-6-8-10-14-42-16-12-25(36)32-34-27(38)20-23(29(34)39)22-18-21(3)28-24(19-22)30(40)35(31(28)41)33-26(37)13-17-43-15-11-9-7-5-2/h18,22-24,28H,4-17,19-20H2,1-3H3,(H,32,36)(H,33,37). The number of thioether (sulfide) groups is 2. The molecule has 2 saturated heterocycles. The number of hydrogen-bond acceptors (Lipinski definition) is 8. The van der Waals surface area contributed by atoms with E-state index >= 15 is 0 Å². The second-order valence-corrected chi connectivity index (χ2v) is 14.1. The SMILES string of the molecule is CCCCCCSCCC(=O)NN1C(=O)CC(C2C=C(C)C3C(=O)N(NC(=O)CCSCCCCCC)C(=O)C3C2)C1=O. The van der Waals surface area contributed by atoms with Gasteiger partial charge >= 0.3 is 0 Å². The monoisotopic (exact) mass is 636 g/mol. The second kappa shape index (κ2) is 17.8. The summed E-state index contributed by atoms with van der Waals surface area (Å²) in [6.45, 7) is 6.07. The number of hydrogen-bond donors (Lipinski definition) is 2. The lowest BCUT2D eigenvalue weighted by Crippen LogP contribution is -2.47. The van der Waals surface area contributed by atoms with Crippen molar-refractivity contribution in [2.24, 2.45) is 23.7 Å². The average Bonchev–Trinajstić information content (AvgIpc) is 3.39. The number of allylic oxidation sites excluding steroid dienone is 1. The third-order valence-electron chi connectivity index (χ3n) is 8.32. The number of carbonyl (C=O) groups is 6. The second-order valence-electron chi connectivity index (χ2n) is 11.7. The van der Waals surface area contributed by atoms with Crippen LogP contribution < -0.4 is 10.9 Å². The Kier molecular flexibility index (Phi) is 14.6. The molecule has 0 aromatic heterocycles. The molecular formula is C31H48N4O6S2. The van der Waals surface area contributed by atoms with Crippen LogP contribution in [0, 0.1) is 23.7 Å². The first-order valence-electron chi connectivity index (χ1n) is 15.9. The number of imide groups is 2. The Hall–Kier alpha value is -2.34. The van der Waals surface area contributed by atoms with Gasteiger partial charge in [-0.05, 0) is 43.6 Å². The third-order valence-corrected chi connectivity index (χ3v) is 10.5. The molecule has 240 valence electrons. The van der Waals surface area contributed by atoms with Crippen molar-refractivity contribution < 1.29 is 28.8 Å². The summed E-state index contributed by atoms with van der Waals surface area (Å²) in [6, 6.07) is 0. The van der Waals surface area contributed by atoms with Gasteiger partial charge in [-0.2, -0.15) is 33.5 Å². The molecule has 1 aliphatic carbocycles. The number of rotatable bonds is 19. The van der Waals surface area contributed by atoms with Crippen LogP contribution in [-0.2, 0) is 28.8 Å². The molecule has 0 saturated carbocycles. The first-order chi connectivity index (χ1) is 20.7. The van der Waals surface area contributed by atoms with Crippen molar-refractivity contribution in [3.8, 4) is 0 Å². The van der Waals surface area contributed by atoms with Gasteiger partial charge in [0.15, 0.2) is 0 Å². The molecule has 12 heteroatoms. The maximum atomic E-state index is 13.3. The van der Waals surface area contributed by atoms with Crippen LogP contribution in [-0.4, -0.2) is 68.5 Å². The zero-order valence-electron chi connectivity index (χ0n) is 25.9. The predicted octanol–water partition coefficient (Wildman–Crippen LogP) is 4.40. The summed E-state index contributed by atoms with van der Waals surface area (Å²) in [5.74, 6) is -2.05. The smallest absolute Gasteiger partial charge is 0.256 e. The van der Waals surface area contributed by atoms with Crippen LogP contribution in [0.15, 0.2) is 11.6 Å². The lowest BCUT2D eigenvalue weighted by Gasteiger charge is -2.29. The minimum atomic E-state index is -0.725. The summed E-state index contributed by atoms with van der Waals surface area (Å²) in [7, 11) is 0. The molecule has 0 aromatic carbocycles. The van der Waals surface area contributed by atoms with Crippen LogP contribution in [0.3, 0.4) is 0 Å². The van der Waals surface area contributed by atoms with Crippen molar-refractivity contribution in [2.75, 3.05) is 23.0 Å². The Morgan fingerprint density at radius 2 is 1.28 bits per heavy atom. The molecule has 2 aliphatic heterocycles. The summed E-state index contributed by atoms with van der Waals surface area (Å²) in [4.78, 5) is 77.3. The number of hydrazine groups is 2. The maximum Gasteiger partial charge on any atom is 0.256 e. The zero-order valence-corrected chi connectivity index (χ0v) is 27.5. The molecule has 0 aromatic rings. The lowest BCUT2D eigenvalue weighted by molar-refractivity contribution is -0.149. The minimum absolute atomic E-state index is 0.0736. The van der Waals surface area contributed by atoms with Crippen molar-refractivity contribution in [3.63, 3.8) is 0 Å². The van der Waals surface area contributed by atoms with Gasteiger partial charge in [0.05, 0.1) is 17.8 Å². The van der Waals surface area contributed by atoms with Gasteiger partial charge < -0.3 is 0 Å². The molecule has 0 bridgehead atoms. The van der Waals surface area contributed by atoms with Crippen molar-refractivity contribution >= 4 is 59.0 Å². The van der Waals surface area contributed by atoms with E-state index in [2.05, 4.69) is 24.7 Å². The molecule has 3 rings (SSSR count). The Balaban J connectivity index is 1.48. The molecule has 0 radical (unpaired) electrons. The molecule has 10 nitrogen and oxygen atoms in total. The lowest BCUT2D eigenvalue weighted by atomic mass is 9.71. The first-order valence-corrected chi connectivity index (χ1v) is 18.2. The van der Waals surface area contributed by atoms with E-state index < -0.39 is 47.3 Å². The third kappa shape index (κ3) is 9.83. The van der Waals surface area contributed by atoms with Gasteiger partial charge in [0.2, 0.25) is 17.7 Å². The topological polar surface area (TPSA) is 133 Å². The molecule has 2 heterocycles. The Bertz CT molecular complexity index is 1070. The van der Waals surface area contributed by atoms with E-state index in [-0.39, 0.29) is 37.5 Å². The fourth-order valence-corrected chi connectivity index (χ4v) is 7.82. The van der Waals surface area contributed by atoms with Gasteiger partial charge in [-0.25, -0.2) is 0 Å². The van der Waals surface area contributed by atoms with E-state index in [9.17, 15) is 28.8 Å². The molecular weight excluding hydrogens is 588 g/mol. The van der Waals surface area contributed by atoms with Gasteiger partial charge in [-0.3, -0.25) is 39.6 Å². The van der Waals surface area contributed by atoms with Crippen LogP contribution in [0.2, 0.25) is 0 Å². The fraction of sp³-hybridized carbons (Fsp3) is 0.742. The number of carbonyl (C=O) groups excluding carboxylic acids is 6. The highest BCUT2D eigenvalue weighted by molar-refractivity contribution is 7.99. The summed E-state index contributed by atoms with van der Waals surface area (Å²) in [5.41, 5.74) is 5.63. The zero-order chi connectivity index (χ0) is 31.4. The van der Waals surface area contributed by atoms with Gasteiger partial charge in [0, 0.05) is 30.8 Å². The molecule has 43 heavy (non-hydrogen) atoms. The van der Waals surface area contributed by atoms with Crippen molar-refractivity contribution in [2.45, 2.75) is 97.8 Å². The summed E-state index contributed by atoms with van der Waals surface area (Å²) < 4.78 is 0. The highest BCUT2D eigenvalue weighted by Gasteiger charge is 2.54. The van der Waals surface area contributed by atoms with Crippen LogP contribution in [0.1, 0.15) is 97.8 Å². The van der Waals surface area contributed by atoms with Crippen LogP contribution in [0.5, 0.6) is 0 Å². The maximum absolute atomic E-state index is 13.3. The van der Waals surface area contributed by atoms with E-state index in [0.717, 1.165) is 34.4 Å². The summed E-state index contributed by atoms with van der Waals surface area (Å²) in [5, 5.41) is 1.67. The highest BCUT2D eigenvalue weighted by Crippen LogP contribution is 2.44. The van der Waals surface area contributed by atoms with E-state index in [4.69, 9.17) is 0 Å². The summed E-state index contributed by atoms with van der Waals surface area (Å²) in [6.07, 6.45) is 11.7. The van der Waals surface area contributed by atoms with E-state index in [1.54, 1.807) is 30.4 Å². The van der Waals surface area contributed by atoms with Crippen molar-refractivity contribution in [3.05, 3.63) is 11.6 Å². The van der Waals surface area contributed by atoms with Gasteiger partial charge in [-0.1, -0.05) is 64.0 Å². The number of fused-ring (bicyclic) bond motifs is 1. The van der Waals surface area contributed by atoms with Crippen LogP contribution >= 0.6 is 23.5 Å². The molecule has 4 atom stereocenters. The Morgan fingerprint density at radius 3 is 1.84 bits per heavy atom. The number of nitrogens with one attached hydrogen (secondary N) is 2. The van der Waals surface area contributed by atoms with Gasteiger partial charge in [0.25, 0.3) is 17.7 Å². The van der Waals surface area contributed by atoms with Crippen molar-refractivity contribution in [1.29, 1.82) is 0 Å².